The van der Waals surface area contributed by atoms with Crippen LogP contribution in [0, 0.1) is 0 Å². The summed E-state index contributed by atoms with van der Waals surface area (Å²) in [5.41, 5.74) is 18.7. The Hall–Kier alpha value is -9.19. The van der Waals surface area contributed by atoms with E-state index < -0.39 is 0 Å². The molecule has 5 heteroatoms. The van der Waals surface area contributed by atoms with Crippen LogP contribution in [0.1, 0.15) is 37.5 Å². The molecule has 0 fully saturated rings. The van der Waals surface area contributed by atoms with Crippen molar-refractivity contribution in [1.29, 1.82) is 0 Å². The highest BCUT2D eigenvalue weighted by molar-refractivity contribution is 6.12. The van der Waals surface area contributed by atoms with Gasteiger partial charge in [0.25, 0.3) is 0 Å². The molecule has 12 rings (SSSR count). The molecule has 2 heterocycles. The molecule has 0 bridgehead atoms. The van der Waals surface area contributed by atoms with E-state index in [0.29, 0.717) is 17.6 Å². The molecule has 11 aromatic rings. The second-order valence-electron chi connectivity index (χ2n) is 18.8. The van der Waals surface area contributed by atoms with Gasteiger partial charge in [0.1, 0.15) is 0 Å². The zero-order valence-corrected chi connectivity index (χ0v) is 40.5. The van der Waals surface area contributed by atoms with Gasteiger partial charge in [0, 0.05) is 44.3 Å². The predicted octanol–water partition coefficient (Wildman–Crippen LogP) is 17.6. The van der Waals surface area contributed by atoms with Crippen LogP contribution >= 0.6 is 0 Å². The number of fused-ring (bicyclic) bond motifs is 6. The summed E-state index contributed by atoms with van der Waals surface area (Å²) in [4.78, 5) is 18.0. The average Bonchev–Trinajstić information content (AvgIpc) is 3.88. The van der Waals surface area contributed by atoms with Crippen LogP contribution in [0.25, 0.3) is 89.5 Å². The van der Waals surface area contributed by atoms with Gasteiger partial charge >= 0.3 is 0 Å². The fourth-order valence-electron chi connectivity index (χ4n) is 10.6. The summed E-state index contributed by atoms with van der Waals surface area (Å²) in [6.07, 6.45) is 8.18. The molecule has 5 nitrogen and oxygen atoms in total. The van der Waals surface area contributed by atoms with E-state index in [-0.39, 0.29) is 5.41 Å². The lowest BCUT2D eigenvalue weighted by molar-refractivity contribution is 0.661. The summed E-state index contributed by atoms with van der Waals surface area (Å²) in [5.74, 6) is 1.81. The first-order valence-corrected chi connectivity index (χ1v) is 24.6. The lowest BCUT2D eigenvalue weighted by Gasteiger charge is -2.28. The van der Waals surface area contributed by atoms with E-state index in [1.54, 1.807) is 0 Å². The van der Waals surface area contributed by atoms with Gasteiger partial charge in [-0.25, -0.2) is 4.98 Å². The molecule has 0 aliphatic heterocycles. The number of aromatic nitrogens is 4. The van der Waals surface area contributed by atoms with Gasteiger partial charge in [-0.15, -0.1) is 0 Å². The molecule has 0 amide bonds. The standard InChI is InChI=1S/C67H51N5/c1-5-7-22-45(6-2)54-31-18-20-34-61(54)71(52-38-35-47(36-39-52)46-23-11-8-12-24-46)53-30-21-29-50(41-53)51-37-40-62-57(42-51)58-43-56-55-32-17-19-33-59(55)67(3,4)60(56)44-63(58)72(62)66-69-64(48-25-13-9-14-26-48)68-65(70-66)49-27-15-10-16-28-49/h5-44H,2H2,1,3-4H3/b7-5-,45-22+. The SMILES string of the molecule is C=C/C(=C\C=C/C)c1ccccc1N(c1ccc(-c2ccccc2)cc1)c1cccc(-c2ccc3c(c2)c2cc4c(cc2n3-c2nc(-c3ccccc3)nc(-c3ccccc3)n2)C(C)(C)c2ccccc2-4)c1. The van der Waals surface area contributed by atoms with Crippen molar-refractivity contribution in [2.75, 3.05) is 4.90 Å². The van der Waals surface area contributed by atoms with Crippen LogP contribution < -0.4 is 4.90 Å². The van der Waals surface area contributed by atoms with E-state index in [9.17, 15) is 0 Å². The van der Waals surface area contributed by atoms with Crippen LogP contribution in [-0.2, 0) is 5.41 Å². The Balaban J connectivity index is 1.06. The Morgan fingerprint density at radius 2 is 1.07 bits per heavy atom. The topological polar surface area (TPSA) is 46.8 Å². The van der Waals surface area contributed by atoms with Crippen molar-refractivity contribution >= 4 is 44.4 Å². The van der Waals surface area contributed by atoms with Crippen LogP contribution in [-0.4, -0.2) is 19.5 Å². The maximum Gasteiger partial charge on any atom is 0.238 e. The highest BCUT2D eigenvalue weighted by Gasteiger charge is 2.36. The number of hydrogen-bond acceptors (Lipinski definition) is 4. The highest BCUT2D eigenvalue weighted by atomic mass is 15.2. The third-order valence-electron chi connectivity index (χ3n) is 14.2. The monoisotopic (exact) mass is 925 g/mol. The third kappa shape index (κ3) is 7.72. The molecule has 0 atom stereocenters. The molecule has 0 unspecified atom stereocenters. The minimum absolute atomic E-state index is 0.211. The molecule has 0 spiro atoms. The molecule has 72 heavy (non-hydrogen) atoms. The van der Waals surface area contributed by atoms with Crippen LogP contribution in [0.15, 0.2) is 249 Å². The Labute approximate surface area is 421 Å². The van der Waals surface area contributed by atoms with Gasteiger partial charge in [-0.1, -0.05) is 209 Å². The van der Waals surface area contributed by atoms with Crippen molar-refractivity contribution in [1.82, 2.24) is 19.5 Å². The first kappa shape index (κ1) is 44.0. The Kier molecular flexibility index (Phi) is 11.2. The molecule has 1 aliphatic rings. The van der Waals surface area contributed by atoms with Crippen molar-refractivity contribution in [3.8, 4) is 62.1 Å². The van der Waals surface area contributed by atoms with Crippen LogP contribution in [0.2, 0.25) is 0 Å². The van der Waals surface area contributed by atoms with Crippen LogP contribution in [0.3, 0.4) is 0 Å². The van der Waals surface area contributed by atoms with Crippen molar-refractivity contribution in [2.24, 2.45) is 0 Å². The number of rotatable bonds is 11. The van der Waals surface area contributed by atoms with E-state index in [2.05, 4.69) is 224 Å². The maximum absolute atomic E-state index is 5.30. The van der Waals surface area contributed by atoms with Gasteiger partial charge < -0.3 is 4.90 Å². The minimum atomic E-state index is -0.211. The quantitative estimate of drug-likeness (QED) is 0.121. The van der Waals surface area contributed by atoms with Gasteiger partial charge in [0.15, 0.2) is 11.6 Å². The molecule has 0 saturated carbocycles. The lowest BCUT2D eigenvalue weighted by Crippen LogP contribution is -2.15. The van der Waals surface area contributed by atoms with Gasteiger partial charge in [-0.05, 0) is 112 Å². The number of nitrogens with zero attached hydrogens (tertiary/aromatic N) is 5. The second-order valence-corrected chi connectivity index (χ2v) is 18.8. The van der Waals surface area contributed by atoms with Crippen molar-refractivity contribution < 1.29 is 0 Å². The van der Waals surface area contributed by atoms with E-state index in [4.69, 9.17) is 15.0 Å². The molecular formula is C67H51N5. The largest absolute Gasteiger partial charge is 0.310 e. The zero-order valence-electron chi connectivity index (χ0n) is 40.5. The van der Waals surface area contributed by atoms with Gasteiger partial charge in [0.2, 0.25) is 5.95 Å². The van der Waals surface area contributed by atoms with E-state index in [1.807, 2.05) is 55.5 Å². The molecule has 0 radical (unpaired) electrons. The number of anilines is 3. The minimum Gasteiger partial charge on any atom is -0.310 e. The molecule has 2 aromatic heterocycles. The number of benzene rings is 9. The summed E-state index contributed by atoms with van der Waals surface area (Å²) >= 11 is 0. The third-order valence-corrected chi connectivity index (χ3v) is 14.2. The van der Waals surface area contributed by atoms with Crippen molar-refractivity contribution in [3.05, 3.63) is 266 Å². The summed E-state index contributed by atoms with van der Waals surface area (Å²) < 4.78 is 2.25. The van der Waals surface area contributed by atoms with E-state index in [1.165, 1.54) is 27.8 Å². The molecule has 9 aromatic carbocycles. The normalized spacial score (nSPS) is 12.8. The molecule has 0 saturated heterocycles. The Morgan fingerprint density at radius 3 is 1.76 bits per heavy atom. The first-order chi connectivity index (χ1) is 35.4. The first-order valence-electron chi connectivity index (χ1n) is 24.6. The van der Waals surface area contributed by atoms with E-state index >= 15 is 0 Å². The zero-order chi connectivity index (χ0) is 48.8. The Morgan fingerprint density at radius 1 is 0.486 bits per heavy atom. The molecule has 1 aliphatic carbocycles. The predicted molar refractivity (Wildman–Crippen MR) is 301 cm³/mol. The fraction of sp³-hybridized carbons (Fsp3) is 0.0597. The molecule has 0 N–H and O–H groups in total. The summed E-state index contributed by atoms with van der Waals surface area (Å²) in [6, 6.07) is 77.8. The van der Waals surface area contributed by atoms with Gasteiger partial charge in [0.05, 0.1) is 16.7 Å². The van der Waals surface area contributed by atoms with Crippen molar-refractivity contribution in [2.45, 2.75) is 26.2 Å². The summed E-state index contributed by atoms with van der Waals surface area (Å²) in [5, 5.41) is 2.25. The van der Waals surface area contributed by atoms with Gasteiger partial charge in [-0.2, -0.15) is 9.97 Å². The average molecular weight is 926 g/mol. The fourth-order valence-corrected chi connectivity index (χ4v) is 10.6. The summed E-state index contributed by atoms with van der Waals surface area (Å²) in [6.45, 7) is 10.9. The van der Waals surface area contributed by atoms with Crippen LogP contribution in [0.4, 0.5) is 17.1 Å². The lowest BCUT2D eigenvalue weighted by atomic mass is 9.82. The van der Waals surface area contributed by atoms with Crippen LogP contribution in [0.5, 0.6) is 0 Å². The van der Waals surface area contributed by atoms with Gasteiger partial charge in [-0.3, -0.25) is 4.57 Å². The number of hydrogen-bond donors (Lipinski definition) is 0. The molecule has 344 valence electrons. The van der Waals surface area contributed by atoms with Crippen molar-refractivity contribution in [3.63, 3.8) is 0 Å². The maximum atomic E-state index is 5.30. The Bertz CT molecular complexity index is 3840. The summed E-state index contributed by atoms with van der Waals surface area (Å²) in [7, 11) is 0. The second kappa shape index (κ2) is 18.3. The highest BCUT2D eigenvalue weighted by Crippen LogP contribution is 2.51. The smallest absolute Gasteiger partial charge is 0.238 e. The molecular weight excluding hydrogens is 875 g/mol. The number of allylic oxidation sites excluding steroid dienone is 5. The van der Waals surface area contributed by atoms with E-state index in [0.717, 1.165) is 77.8 Å². The number of para-hydroxylation sites is 1.